The van der Waals surface area contributed by atoms with Gasteiger partial charge in [-0.15, -0.1) is 0 Å². The van der Waals surface area contributed by atoms with E-state index in [0.717, 1.165) is 12.8 Å². The highest BCUT2D eigenvalue weighted by Crippen LogP contribution is 2.16. The molecule has 1 aromatic carbocycles. The summed E-state index contributed by atoms with van der Waals surface area (Å²) in [7, 11) is 0. The van der Waals surface area contributed by atoms with E-state index in [1.807, 2.05) is 6.92 Å². The van der Waals surface area contributed by atoms with E-state index in [2.05, 4.69) is 35.1 Å². The Morgan fingerprint density at radius 1 is 1.33 bits per heavy atom. The highest BCUT2D eigenvalue weighted by molar-refractivity contribution is 9.10. The second-order valence-corrected chi connectivity index (χ2v) is 5.83. The van der Waals surface area contributed by atoms with E-state index < -0.39 is 5.82 Å². The number of amides is 1. The van der Waals surface area contributed by atoms with E-state index in [-0.39, 0.29) is 11.9 Å². The molecule has 0 aliphatic carbocycles. The zero-order valence-electron chi connectivity index (χ0n) is 11.0. The lowest BCUT2D eigenvalue weighted by Crippen LogP contribution is -2.32. The number of halogens is 2. The van der Waals surface area contributed by atoms with Gasteiger partial charge in [0, 0.05) is 11.6 Å². The molecule has 0 saturated carbocycles. The molecule has 1 amide bonds. The van der Waals surface area contributed by atoms with Gasteiger partial charge in [-0.05, 0) is 59.8 Å². The molecule has 0 aromatic heterocycles. The quantitative estimate of drug-likeness (QED) is 0.869. The average Bonchev–Trinajstić information content (AvgIpc) is 2.30. The van der Waals surface area contributed by atoms with E-state index in [1.165, 1.54) is 6.07 Å². The molecule has 0 radical (unpaired) electrons. The van der Waals surface area contributed by atoms with Crippen molar-refractivity contribution < 1.29 is 9.18 Å². The van der Waals surface area contributed by atoms with Gasteiger partial charge < -0.3 is 5.32 Å². The van der Waals surface area contributed by atoms with E-state index in [4.69, 9.17) is 0 Å². The van der Waals surface area contributed by atoms with Gasteiger partial charge >= 0.3 is 0 Å². The van der Waals surface area contributed by atoms with Crippen LogP contribution in [-0.4, -0.2) is 11.9 Å². The molecule has 0 spiro atoms. The van der Waals surface area contributed by atoms with E-state index in [9.17, 15) is 9.18 Å². The standard InChI is InChI=1S/C14H19BrFNO/c1-9(2)4-5-10(3)17-14(18)11-6-7-12(15)13(16)8-11/h6-10H,4-5H2,1-3H3,(H,17,18). The maximum atomic E-state index is 13.3. The summed E-state index contributed by atoms with van der Waals surface area (Å²) in [5.41, 5.74) is 0.354. The Bertz CT molecular complexity index is 420. The molecule has 1 N–H and O–H groups in total. The van der Waals surface area contributed by atoms with E-state index in [1.54, 1.807) is 12.1 Å². The summed E-state index contributed by atoms with van der Waals surface area (Å²) in [6.45, 7) is 6.27. The molecule has 1 unspecified atom stereocenters. The SMILES string of the molecule is CC(C)CCC(C)NC(=O)c1ccc(Br)c(F)c1. The topological polar surface area (TPSA) is 29.1 Å². The van der Waals surface area contributed by atoms with Crippen molar-refractivity contribution in [1.82, 2.24) is 5.32 Å². The Labute approximate surface area is 116 Å². The third-order valence-corrected chi connectivity index (χ3v) is 3.38. The molecular formula is C14H19BrFNO. The van der Waals surface area contributed by atoms with Crippen molar-refractivity contribution in [1.29, 1.82) is 0 Å². The maximum Gasteiger partial charge on any atom is 0.251 e. The molecule has 0 aliphatic heterocycles. The van der Waals surface area contributed by atoms with Crippen LogP contribution in [0.25, 0.3) is 0 Å². The van der Waals surface area contributed by atoms with Crippen LogP contribution in [-0.2, 0) is 0 Å². The van der Waals surface area contributed by atoms with E-state index >= 15 is 0 Å². The van der Waals surface area contributed by atoms with Gasteiger partial charge in [-0.1, -0.05) is 13.8 Å². The fourth-order valence-corrected chi connectivity index (χ4v) is 1.85. The molecular weight excluding hydrogens is 297 g/mol. The van der Waals surface area contributed by atoms with Gasteiger partial charge in [0.1, 0.15) is 5.82 Å². The first-order valence-electron chi connectivity index (χ1n) is 6.16. The number of benzene rings is 1. The Hall–Kier alpha value is -0.900. The predicted octanol–water partition coefficient (Wildman–Crippen LogP) is 4.14. The van der Waals surface area contributed by atoms with Crippen LogP contribution in [0.2, 0.25) is 0 Å². The normalized spacial score (nSPS) is 12.6. The molecule has 2 nitrogen and oxygen atoms in total. The van der Waals surface area contributed by atoms with Crippen molar-refractivity contribution in [3.8, 4) is 0 Å². The third kappa shape index (κ3) is 4.77. The molecule has 0 heterocycles. The Morgan fingerprint density at radius 2 is 2.00 bits per heavy atom. The summed E-state index contributed by atoms with van der Waals surface area (Å²) in [5.74, 6) is -0.0235. The zero-order chi connectivity index (χ0) is 13.7. The van der Waals surface area contributed by atoms with Crippen molar-refractivity contribution in [2.75, 3.05) is 0 Å². The van der Waals surface area contributed by atoms with Crippen LogP contribution in [0, 0.1) is 11.7 Å². The van der Waals surface area contributed by atoms with Crippen LogP contribution < -0.4 is 5.32 Å². The molecule has 0 aliphatic rings. The second kappa shape index (κ2) is 6.88. The largest absolute Gasteiger partial charge is 0.350 e. The fraction of sp³-hybridized carbons (Fsp3) is 0.500. The minimum atomic E-state index is -0.419. The summed E-state index contributed by atoms with van der Waals surface area (Å²) in [6, 6.07) is 4.50. The van der Waals surface area contributed by atoms with Crippen molar-refractivity contribution in [2.45, 2.75) is 39.7 Å². The minimum absolute atomic E-state index is 0.103. The highest BCUT2D eigenvalue weighted by Gasteiger charge is 2.11. The third-order valence-electron chi connectivity index (χ3n) is 2.74. The summed E-state index contributed by atoms with van der Waals surface area (Å²) in [6.07, 6.45) is 2.00. The van der Waals surface area contributed by atoms with Gasteiger partial charge in [-0.2, -0.15) is 0 Å². The van der Waals surface area contributed by atoms with Crippen molar-refractivity contribution >= 4 is 21.8 Å². The Balaban J connectivity index is 2.56. The van der Waals surface area contributed by atoms with Gasteiger partial charge in [0.2, 0.25) is 0 Å². The van der Waals surface area contributed by atoms with Gasteiger partial charge in [-0.25, -0.2) is 4.39 Å². The number of carbonyl (C=O) groups excluding carboxylic acids is 1. The summed E-state index contributed by atoms with van der Waals surface area (Å²) in [5, 5.41) is 2.88. The van der Waals surface area contributed by atoms with Crippen molar-refractivity contribution in [3.05, 3.63) is 34.1 Å². The Morgan fingerprint density at radius 3 is 2.56 bits per heavy atom. The number of nitrogens with one attached hydrogen (secondary N) is 1. The molecule has 1 rings (SSSR count). The van der Waals surface area contributed by atoms with Crippen LogP contribution in [0.15, 0.2) is 22.7 Å². The number of hydrogen-bond donors (Lipinski definition) is 1. The lowest BCUT2D eigenvalue weighted by atomic mass is 10.0. The fourth-order valence-electron chi connectivity index (χ4n) is 1.60. The van der Waals surface area contributed by atoms with Gasteiger partial charge in [-0.3, -0.25) is 4.79 Å². The van der Waals surface area contributed by atoms with Gasteiger partial charge in [0.05, 0.1) is 4.47 Å². The summed E-state index contributed by atoms with van der Waals surface area (Å²) in [4.78, 5) is 11.9. The molecule has 0 saturated heterocycles. The molecule has 18 heavy (non-hydrogen) atoms. The van der Waals surface area contributed by atoms with Crippen LogP contribution in [0.4, 0.5) is 4.39 Å². The monoisotopic (exact) mass is 315 g/mol. The van der Waals surface area contributed by atoms with Gasteiger partial charge in [0.25, 0.3) is 5.91 Å². The second-order valence-electron chi connectivity index (χ2n) is 4.97. The average molecular weight is 316 g/mol. The molecule has 100 valence electrons. The number of rotatable bonds is 5. The Kier molecular flexibility index (Phi) is 5.79. The first-order valence-corrected chi connectivity index (χ1v) is 6.95. The summed E-state index contributed by atoms with van der Waals surface area (Å²) >= 11 is 3.06. The van der Waals surface area contributed by atoms with Crippen LogP contribution in [0.1, 0.15) is 44.0 Å². The van der Waals surface area contributed by atoms with Crippen molar-refractivity contribution in [2.24, 2.45) is 5.92 Å². The molecule has 1 aromatic rings. The zero-order valence-corrected chi connectivity index (χ0v) is 12.6. The number of carbonyl (C=O) groups is 1. The van der Waals surface area contributed by atoms with Crippen LogP contribution in [0.5, 0.6) is 0 Å². The molecule has 4 heteroatoms. The first-order chi connectivity index (χ1) is 8.40. The van der Waals surface area contributed by atoms with Crippen molar-refractivity contribution in [3.63, 3.8) is 0 Å². The van der Waals surface area contributed by atoms with E-state index in [0.29, 0.717) is 16.0 Å². The summed E-state index contributed by atoms with van der Waals surface area (Å²) < 4.78 is 13.7. The lowest BCUT2D eigenvalue weighted by molar-refractivity contribution is 0.0936. The van der Waals surface area contributed by atoms with Crippen LogP contribution >= 0.6 is 15.9 Å². The lowest BCUT2D eigenvalue weighted by Gasteiger charge is -2.15. The minimum Gasteiger partial charge on any atom is -0.350 e. The molecule has 1 atom stereocenters. The van der Waals surface area contributed by atoms with Crippen LogP contribution in [0.3, 0.4) is 0 Å². The predicted molar refractivity (Wildman–Crippen MR) is 75.1 cm³/mol. The smallest absolute Gasteiger partial charge is 0.251 e. The number of hydrogen-bond acceptors (Lipinski definition) is 1. The highest BCUT2D eigenvalue weighted by atomic mass is 79.9. The maximum absolute atomic E-state index is 13.3. The van der Waals surface area contributed by atoms with Gasteiger partial charge in [0.15, 0.2) is 0 Å². The molecule has 0 fully saturated rings. The molecule has 0 bridgehead atoms. The first kappa shape index (κ1) is 15.2.